The maximum atomic E-state index is 12.7. The molecule has 2 atom stereocenters. The molecule has 2 aromatic heterocycles. The molecule has 1 aliphatic heterocycles. The summed E-state index contributed by atoms with van der Waals surface area (Å²) in [7, 11) is -1.03. The third kappa shape index (κ3) is 6.94. The van der Waals surface area contributed by atoms with Crippen molar-refractivity contribution in [2.75, 3.05) is 18.0 Å². The van der Waals surface area contributed by atoms with Crippen LogP contribution in [0.5, 0.6) is 0 Å². The van der Waals surface area contributed by atoms with Crippen LogP contribution in [0.2, 0.25) is 10.2 Å². The summed E-state index contributed by atoms with van der Waals surface area (Å²) in [5, 5.41) is 8.37. The van der Waals surface area contributed by atoms with Crippen LogP contribution in [-0.4, -0.2) is 54.1 Å². The summed E-state index contributed by atoms with van der Waals surface area (Å²) < 4.78 is 15.9. The van der Waals surface area contributed by atoms with Gasteiger partial charge in [0.1, 0.15) is 11.0 Å². The van der Waals surface area contributed by atoms with E-state index in [-0.39, 0.29) is 21.7 Å². The van der Waals surface area contributed by atoms with E-state index in [1.54, 1.807) is 31.6 Å². The number of hydrogen-bond donors (Lipinski definition) is 2. The zero-order valence-electron chi connectivity index (χ0n) is 21.3. The Morgan fingerprint density at radius 1 is 1.19 bits per heavy atom. The van der Waals surface area contributed by atoms with Crippen molar-refractivity contribution >= 4 is 46.0 Å². The van der Waals surface area contributed by atoms with Gasteiger partial charge in [-0.2, -0.15) is 0 Å². The molecule has 2 aliphatic rings. The number of nitrogens with one attached hydrogen (secondary N) is 1. The third-order valence-corrected chi connectivity index (χ3v) is 9.24. The number of pyridine rings is 1. The van der Waals surface area contributed by atoms with Crippen LogP contribution in [0.15, 0.2) is 24.7 Å². The lowest BCUT2D eigenvalue weighted by molar-refractivity contribution is -0.136. The van der Waals surface area contributed by atoms with Crippen molar-refractivity contribution < 1.29 is 14.1 Å². The predicted octanol–water partition coefficient (Wildman–Crippen LogP) is 5.52. The maximum absolute atomic E-state index is 12.7. The summed E-state index contributed by atoms with van der Waals surface area (Å²) in [6, 6.07) is 2.11. The molecule has 1 spiro atoms. The first-order valence-corrected chi connectivity index (χ1v) is 14.1. The summed E-state index contributed by atoms with van der Waals surface area (Å²) in [5.74, 6) is 0.126. The Kier molecular flexibility index (Phi) is 9.71. The smallest absolute Gasteiger partial charge is 0.303 e. The fraction of sp³-hybridized carbons (Fsp3) is 0.600. The van der Waals surface area contributed by atoms with Crippen LogP contribution in [0.1, 0.15) is 66.2 Å². The Morgan fingerprint density at radius 3 is 2.42 bits per heavy atom. The van der Waals surface area contributed by atoms with Crippen LogP contribution < -0.4 is 9.62 Å². The minimum absolute atomic E-state index is 0.222. The van der Waals surface area contributed by atoms with Gasteiger partial charge < -0.3 is 10.0 Å². The predicted molar refractivity (Wildman–Crippen MR) is 146 cm³/mol. The van der Waals surface area contributed by atoms with Crippen LogP contribution >= 0.6 is 23.2 Å². The van der Waals surface area contributed by atoms with Gasteiger partial charge in [-0.25, -0.2) is 18.9 Å². The molecular formula is C25H35Cl2N5O3S. The number of aromatic nitrogens is 3. The molecule has 2 aromatic rings. The van der Waals surface area contributed by atoms with Gasteiger partial charge in [-0.1, -0.05) is 36.5 Å². The van der Waals surface area contributed by atoms with Gasteiger partial charge in [-0.3, -0.25) is 9.78 Å². The molecule has 0 bridgehead atoms. The van der Waals surface area contributed by atoms with Gasteiger partial charge in [0.05, 0.1) is 38.8 Å². The Bertz CT molecular complexity index is 1070. The summed E-state index contributed by atoms with van der Waals surface area (Å²) in [6.07, 6.45) is 11.0. The number of halogens is 2. The normalized spacial score (nSPS) is 20.1. The van der Waals surface area contributed by atoms with Crippen molar-refractivity contribution in [2.24, 2.45) is 5.41 Å². The van der Waals surface area contributed by atoms with E-state index in [0.717, 1.165) is 43.7 Å². The SMILES string of the molecule is CC(C)(C)[S@@](=O)N[C@@H]1CCCC12CCN(c1cnc(-c3ccnc(Cl)c3Cl)cn1)CC2.CCC(=O)O. The molecule has 198 valence electrons. The monoisotopic (exact) mass is 555 g/mol. The summed E-state index contributed by atoms with van der Waals surface area (Å²) in [6.45, 7) is 9.52. The minimum Gasteiger partial charge on any atom is -0.481 e. The molecule has 0 radical (unpaired) electrons. The molecular weight excluding hydrogens is 521 g/mol. The molecule has 2 N–H and O–H groups in total. The highest BCUT2D eigenvalue weighted by atomic mass is 35.5. The van der Waals surface area contributed by atoms with E-state index in [2.05, 4.69) is 24.6 Å². The average Bonchev–Trinajstić information content (AvgIpc) is 3.22. The second kappa shape index (κ2) is 12.2. The second-order valence-corrected chi connectivity index (χ2v) is 13.0. The maximum Gasteiger partial charge on any atom is 0.303 e. The van der Waals surface area contributed by atoms with E-state index >= 15 is 0 Å². The molecule has 8 nitrogen and oxygen atoms in total. The topological polar surface area (TPSA) is 108 Å². The molecule has 4 rings (SSSR count). The number of carboxylic acid groups (broad SMARTS) is 1. The quantitative estimate of drug-likeness (QED) is 0.467. The Balaban J connectivity index is 0.000000658. The van der Waals surface area contributed by atoms with Gasteiger partial charge in [-0.05, 0) is 57.9 Å². The molecule has 0 unspecified atom stereocenters. The van der Waals surface area contributed by atoms with E-state index in [9.17, 15) is 9.00 Å². The zero-order chi connectivity index (χ0) is 26.5. The number of carboxylic acids is 1. The number of piperidine rings is 1. The Labute approximate surface area is 225 Å². The van der Waals surface area contributed by atoms with E-state index in [0.29, 0.717) is 16.8 Å². The van der Waals surface area contributed by atoms with E-state index in [1.165, 1.54) is 12.8 Å². The number of carbonyl (C=O) groups is 1. The van der Waals surface area contributed by atoms with E-state index in [1.807, 2.05) is 20.8 Å². The van der Waals surface area contributed by atoms with Crippen LogP contribution in [0, 0.1) is 5.41 Å². The number of rotatable bonds is 5. The first-order valence-electron chi connectivity index (χ1n) is 12.2. The lowest BCUT2D eigenvalue weighted by atomic mass is 9.74. The molecule has 1 saturated heterocycles. The zero-order valence-corrected chi connectivity index (χ0v) is 23.6. The highest BCUT2D eigenvalue weighted by Gasteiger charge is 2.46. The van der Waals surface area contributed by atoms with Gasteiger partial charge >= 0.3 is 5.97 Å². The second-order valence-electron chi connectivity index (χ2n) is 10.3. The number of anilines is 1. The molecule has 2 fully saturated rings. The van der Waals surface area contributed by atoms with Gasteiger partial charge in [0.25, 0.3) is 0 Å². The number of aliphatic carboxylic acids is 1. The molecule has 3 heterocycles. The van der Waals surface area contributed by atoms with Crippen LogP contribution in [0.4, 0.5) is 5.82 Å². The van der Waals surface area contributed by atoms with Gasteiger partial charge in [0.15, 0.2) is 0 Å². The molecule has 1 aliphatic carbocycles. The van der Waals surface area contributed by atoms with E-state index < -0.39 is 17.0 Å². The van der Waals surface area contributed by atoms with Gasteiger partial charge in [0.2, 0.25) is 0 Å². The van der Waals surface area contributed by atoms with E-state index in [4.69, 9.17) is 28.3 Å². The standard InChI is InChI=1S/C22H29Cl2N5OS.C3H6O2/c1-21(2,3)31(30)28-17-5-4-7-22(17)8-11-29(12-9-22)18-14-26-16(13-27-18)15-6-10-25-20(24)19(15)23;1-2-3(4)5/h6,10,13-14,17,28H,4-5,7-9,11-12H2,1-3H3;2H2,1H3,(H,4,5)/t17-,31-;/m1./s1. The van der Waals surface area contributed by atoms with Crippen molar-refractivity contribution in [2.45, 2.75) is 77.0 Å². The van der Waals surface area contributed by atoms with Gasteiger partial charge in [-0.15, -0.1) is 0 Å². The number of hydrogen-bond acceptors (Lipinski definition) is 6. The van der Waals surface area contributed by atoms with Crippen molar-refractivity contribution in [1.82, 2.24) is 19.7 Å². The summed E-state index contributed by atoms with van der Waals surface area (Å²) in [4.78, 5) is 24.8. The van der Waals surface area contributed by atoms with Crippen LogP contribution in [0.3, 0.4) is 0 Å². The molecule has 11 heteroatoms. The van der Waals surface area contributed by atoms with Crippen LogP contribution in [0.25, 0.3) is 11.3 Å². The largest absolute Gasteiger partial charge is 0.481 e. The fourth-order valence-electron chi connectivity index (χ4n) is 4.65. The third-order valence-electron chi connectivity index (χ3n) is 6.86. The Morgan fingerprint density at radius 2 is 1.86 bits per heavy atom. The van der Waals surface area contributed by atoms with Crippen molar-refractivity contribution in [1.29, 1.82) is 0 Å². The van der Waals surface area contributed by atoms with Crippen LogP contribution in [-0.2, 0) is 15.8 Å². The molecule has 1 saturated carbocycles. The molecule has 0 amide bonds. The lowest BCUT2D eigenvalue weighted by Gasteiger charge is -2.44. The minimum atomic E-state index is -1.03. The lowest BCUT2D eigenvalue weighted by Crippen LogP contribution is -2.51. The highest BCUT2D eigenvalue weighted by Crippen LogP contribution is 2.47. The Hall–Kier alpha value is -1.81. The first-order chi connectivity index (χ1) is 17.0. The summed E-state index contributed by atoms with van der Waals surface area (Å²) in [5.41, 5.74) is 1.63. The van der Waals surface area contributed by atoms with Crippen molar-refractivity contribution in [3.05, 3.63) is 34.8 Å². The van der Waals surface area contributed by atoms with Crippen molar-refractivity contribution in [3.63, 3.8) is 0 Å². The molecule has 36 heavy (non-hydrogen) atoms. The molecule has 0 aromatic carbocycles. The highest BCUT2D eigenvalue weighted by molar-refractivity contribution is 7.84. The van der Waals surface area contributed by atoms with Crippen molar-refractivity contribution in [3.8, 4) is 11.3 Å². The average molecular weight is 557 g/mol. The first kappa shape index (κ1) is 28.8. The van der Waals surface area contributed by atoms with Gasteiger partial charge in [0, 0.05) is 37.3 Å². The fourth-order valence-corrected chi connectivity index (χ4v) is 5.99. The summed E-state index contributed by atoms with van der Waals surface area (Å²) >= 11 is 12.3. The number of nitrogens with zero attached hydrogens (tertiary/aromatic N) is 4.